The number of rotatable bonds is 6. The molecule has 0 saturated heterocycles. The van der Waals surface area contributed by atoms with Crippen molar-refractivity contribution in [3.05, 3.63) is 98.6 Å². The minimum Gasteiger partial charge on any atom is -0.450 e. The molecule has 32 heavy (non-hydrogen) atoms. The highest BCUT2D eigenvalue weighted by Gasteiger charge is 2.35. The summed E-state index contributed by atoms with van der Waals surface area (Å²) in [6.45, 7) is -0.527. The lowest BCUT2D eigenvalue weighted by Crippen LogP contribution is -2.33. The van der Waals surface area contributed by atoms with Gasteiger partial charge in [-0.3, -0.25) is 19.7 Å². The molecule has 4 rings (SSSR count). The lowest BCUT2D eigenvalue weighted by molar-refractivity contribution is -0.385. The maximum Gasteiger partial charge on any atom is 0.339 e. The van der Waals surface area contributed by atoms with Crippen molar-refractivity contribution in [3.8, 4) is 11.5 Å². The van der Waals surface area contributed by atoms with Gasteiger partial charge in [0.25, 0.3) is 11.8 Å². The van der Waals surface area contributed by atoms with Gasteiger partial charge in [-0.2, -0.15) is 0 Å². The number of carbonyl (C=O) groups excluding carboxylic acids is 3. The number of benzene rings is 3. The van der Waals surface area contributed by atoms with Gasteiger partial charge in [-0.05, 0) is 48.5 Å². The fraction of sp³-hybridized carbons (Fsp3) is 0.0455. The first kappa shape index (κ1) is 21.0. The minimum atomic E-state index is -0.759. The molecule has 2 amide bonds. The Hall–Kier alpha value is -4.24. The lowest BCUT2D eigenvalue weighted by Gasteiger charge is -2.14. The number of ether oxygens (including phenoxy) is 2. The van der Waals surface area contributed by atoms with Crippen molar-refractivity contribution < 1.29 is 28.8 Å². The van der Waals surface area contributed by atoms with Crippen LogP contribution in [-0.4, -0.2) is 34.3 Å². The third-order valence-corrected chi connectivity index (χ3v) is 4.87. The number of carbonyl (C=O) groups is 3. The zero-order chi connectivity index (χ0) is 22.8. The summed E-state index contributed by atoms with van der Waals surface area (Å²) in [5.41, 5.74) is 0.346. The molecule has 160 valence electrons. The molecule has 3 aromatic rings. The van der Waals surface area contributed by atoms with E-state index in [0.29, 0.717) is 0 Å². The fourth-order valence-corrected chi connectivity index (χ4v) is 3.23. The van der Waals surface area contributed by atoms with Crippen LogP contribution in [-0.2, 0) is 4.74 Å². The summed E-state index contributed by atoms with van der Waals surface area (Å²) in [6.07, 6.45) is 0. The van der Waals surface area contributed by atoms with E-state index in [9.17, 15) is 24.5 Å². The Morgan fingerprint density at radius 1 is 0.969 bits per heavy atom. The summed E-state index contributed by atoms with van der Waals surface area (Å²) in [5.74, 6) is -1.60. The standard InChI is InChI=1S/C22H13ClN2O7/c23-14-7-10-19(18(11-14)25(29)30)32-15-8-5-13(6-9-15)22(28)31-12-24-20(26)16-3-1-2-4-17(16)21(24)27/h1-11H,12H2. The van der Waals surface area contributed by atoms with Crippen LogP contribution in [0.1, 0.15) is 31.1 Å². The van der Waals surface area contributed by atoms with Gasteiger partial charge in [-0.1, -0.05) is 23.7 Å². The molecule has 0 aromatic heterocycles. The van der Waals surface area contributed by atoms with Gasteiger partial charge in [-0.25, -0.2) is 9.69 Å². The Bertz CT molecular complexity index is 1220. The van der Waals surface area contributed by atoms with Crippen LogP contribution in [0.4, 0.5) is 5.69 Å². The topological polar surface area (TPSA) is 116 Å². The lowest BCUT2D eigenvalue weighted by atomic mass is 10.1. The van der Waals surface area contributed by atoms with Crippen molar-refractivity contribution >= 4 is 35.1 Å². The first-order valence-electron chi connectivity index (χ1n) is 9.19. The monoisotopic (exact) mass is 452 g/mol. The van der Waals surface area contributed by atoms with Crippen molar-refractivity contribution in [2.75, 3.05) is 6.73 Å². The van der Waals surface area contributed by atoms with E-state index in [1.807, 2.05) is 0 Å². The first-order chi connectivity index (χ1) is 15.3. The normalized spacial score (nSPS) is 12.5. The van der Waals surface area contributed by atoms with Crippen molar-refractivity contribution in [2.45, 2.75) is 0 Å². The van der Waals surface area contributed by atoms with Crippen LogP contribution < -0.4 is 4.74 Å². The Morgan fingerprint density at radius 3 is 2.19 bits per heavy atom. The van der Waals surface area contributed by atoms with Gasteiger partial charge in [-0.15, -0.1) is 0 Å². The first-order valence-corrected chi connectivity index (χ1v) is 9.57. The zero-order valence-corrected chi connectivity index (χ0v) is 16.9. The van der Waals surface area contributed by atoms with Crippen LogP contribution in [0, 0.1) is 10.1 Å². The molecular weight excluding hydrogens is 440 g/mol. The summed E-state index contributed by atoms with van der Waals surface area (Å²) in [5, 5.41) is 11.4. The number of hydrogen-bond acceptors (Lipinski definition) is 7. The number of nitro groups is 1. The van der Waals surface area contributed by atoms with E-state index in [2.05, 4.69) is 0 Å². The molecule has 0 spiro atoms. The third kappa shape index (κ3) is 4.01. The van der Waals surface area contributed by atoms with Gasteiger partial charge in [0.1, 0.15) is 5.75 Å². The number of halogens is 1. The molecule has 1 heterocycles. The minimum absolute atomic E-state index is 0.0136. The maximum absolute atomic E-state index is 12.3. The molecule has 10 heteroatoms. The molecule has 0 aliphatic carbocycles. The predicted octanol–water partition coefficient (Wildman–Crippen LogP) is 4.45. The number of nitro benzene ring substituents is 1. The van der Waals surface area contributed by atoms with Crippen molar-refractivity contribution in [3.63, 3.8) is 0 Å². The highest BCUT2D eigenvalue weighted by Crippen LogP contribution is 2.33. The van der Waals surface area contributed by atoms with E-state index >= 15 is 0 Å². The van der Waals surface area contributed by atoms with Crippen LogP contribution in [0.25, 0.3) is 0 Å². The zero-order valence-electron chi connectivity index (χ0n) is 16.2. The number of amides is 2. The molecule has 0 saturated carbocycles. The van der Waals surface area contributed by atoms with Crippen molar-refractivity contribution in [2.24, 2.45) is 0 Å². The van der Waals surface area contributed by atoms with Crippen LogP contribution in [0.3, 0.4) is 0 Å². The second-order valence-corrected chi connectivity index (χ2v) is 7.08. The Morgan fingerprint density at radius 2 is 1.59 bits per heavy atom. The van der Waals surface area contributed by atoms with Gasteiger partial charge in [0.15, 0.2) is 6.73 Å². The Kier molecular flexibility index (Phi) is 5.57. The van der Waals surface area contributed by atoms with E-state index in [4.69, 9.17) is 21.1 Å². The van der Waals surface area contributed by atoms with Crippen molar-refractivity contribution in [1.82, 2.24) is 4.90 Å². The summed E-state index contributed by atoms with van der Waals surface area (Å²) in [4.78, 5) is 48.3. The van der Waals surface area contributed by atoms with Crippen LogP contribution in [0.15, 0.2) is 66.7 Å². The summed E-state index contributed by atoms with van der Waals surface area (Å²) in [7, 11) is 0. The van der Waals surface area contributed by atoms with E-state index in [1.54, 1.807) is 12.1 Å². The predicted molar refractivity (Wildman–Crippen MR) is 112 cm³/mol. The Balaban J connectivity index is 1.41. The summed E-state index contributed by atoms with van der Waals surface area (Å²) < 4.78 is 10.6. The molecule has 0 atom stereocenters. The molecule has 1 aliphatic rings. The van der Waals surface area contributed by atoms with Crippen LogP contribution in [0.2, 0.25) is 5.02 Å². The molecule has 0 fully saturated rings. The van der Waals surface area contributed by atoms with Gasteiger partial charge < -0.3 is 9.47 Å². The van der Waals surface area contributed by atoms with E-state index in [0.717, 1.165) is 4.90 Å². The van der Waals surface area contributed by atoms with Gasteiger partial charge in [0, 0.05) is 11.1 Å². The second kappa shape index (κ2) is 8.48. The summed E-state index contributed by atoms with van der Waals surface area (Å²) in [6, 6.07) is 16.0. The molecule has 0 radical (unpaired) electrons. The molecule has 0 unspecified atom stereocenters. The highest BCUT2D eigenvalue weighted by atomic mass is 35.5. The number of imide groups is 1. The smallest absolute Gasteiger partial charge is 0.339 e. The average Bonchev–Trinajstić information content (AvgIpc) is 3.03. The fourth-order valence-electron chi connectivity index (χ4n) is 3.07. The number of hydrogen-bond donors (Lipinski definition) is 0. The van der Waals surface area contributed by atoms with Crippen LogP contribution >= 0.6 is 11.6 Å². The molecule has 9 nitrogen and oxygen atoms in total. The summed E-state index contributed by atoms with van der Waals surface area (Å²) >= 11 is 5.78. The number of esters is 1. The quantitative estimate of drug-likeness (QED) is 0.235. The van der Waals surface area contributed by atoms with E-state index < -0.39 is 29.4 Å². The van der Waals surface area contributed by atoms with E-state index in [1.165, 1.54) is 54.6 Å². The van der Waals surface area contributed by atoms with Gasteiger partial charge in [0.2, 0.25) is 5.75 Å². The molecule has 0 bridgehead atoms. The second-order valence-electron chi connectivity index (χ2n) is 6.64. The van der Waals surface area contributed by atoms with Crippen molar-refractivity contribution in [1.29, 1.82) is 0 Å². The molecule has 0 N–H and O–H groups in total. The Labute approximate surface area is 185 Å². The maximum atomic E-state index is 12.3. The molecule has 3 aromatic carbocycles. The molecule has 1 aliphatic heterocycles. The van der Waals surface area contributed by atoms with Gasteiger partial charge in [0.05, 0.1) is 21.6 Å². The average molecular weight is 453 g/mol. The number of fused-ring (bicyclic) bond motifs is 1. The van der Waals surface area contributed by atoms with Crippen LogP contribution in [0.5, 0.6) is 11.5 Å². The molecular formula is C22H13ClN2O7. The SMILES string of the molecule is O=C(OCN1C(=O)c2ccccc2C1=O)c1ccc(Oc2ccc(Cl)cc2[N+](=O)[O-])cc1. The third-order valence-electron chi connectivity index (χ3n) is 4.64. The van der Waals surface area contributed by atoms with Gasteiger partial charge >= 0.3 is 11.7 Å². The number of nitrogens with zero attached hydrogens (tertiary/aromatic N) is 2. The van der Waals surface area contributed by atoms with E-state index in [-0.39, 0.29) is 38.9 Å². The highest BCUT2D eigenvalue weighted by molar-refractivity contribution is 6.30. The largest absolute Gasteiger partial charge is 0.450 e.